The third kappa shape index (κ3) is 3.23. The molecule has 1 aliphatic rings. The largest absolute Gasteiger partial charge is 0.479 e. The zero-order valence-electron chi connectivity index (χ0n) is 13.9. The van der Waals surface area contributed by atoms with Gasteiger partial charge in [-0.3, -0.25) is 4.79 Å². The minimum Gasteiger partial charge on any atom is -0.479 e. The van der Waals surface area contributed by atoms with Crippen LogP contribution in [-0.4, -0.2) is 49.1 Å². The third-order valence-corrected chi connectivity index (χ3v) is 4.63. The molecule has 0 spiro atoms. The Kier molecular flexibility index (Phi) is 4.37. The van der Waals surface area contributed by atoms with E-state index in [-0.39, 0.29) is 5.91 Å². The van der Waals surface area contributed by atoms with Gasteiger partial charge in [-0.1, -0.05) is 0 Å². The van der Waals surface area contributed by atoms with E-state index in [1.807, 2.05) is 49.5 Å². The highest BCUT2D eigenvalue weighted by atomic mass is 32.1. The number of thiazole rings is 1. The molecule has 0 saturated heterocycles. The van der Waals surface area contributed by atoms with Crippen LogP contribution in [0.2, 0.25) is 0 Å². The molecule has 0 saturated carbocycles. The van der Waals surface area contributed by atoms with Crippen LogP contribution >= 0.6 is 11.3 Å². The number of aryl methyl sites for hydroxylation is 1. The van der Waals surface area contributed by atoms with Crippen molar-refractivity contribution in [1.29, 1.82) is 0 Å². The molecule has 0 aliphatic carbocycles. The fourth-order valence-corrected chi connectivity index (χ4v) is 3.22. The number of ether oxygens (including phenoxy) is 1. The number of fused-ring (bicyclic) bond motifs is 1. The van der Waals surface area contributed by atoms with Crippen molar-refractivity contribution in [3.63, 3.8) is 0 Å². The summed E-state index contributed by atoms with van der Waals surface area (Å²) in [5, 5.41) is 3.07. The maximum Gasteiger partial charge on any atom is 0.267 e. The molecular weight excluding hydrogens is 310 g/mol. The highest BCUT2D eigenvalue weighted by Gasteiger charge is 2.31. The molecule has 6 heteroatoms. The highest BCUT2D eigenvalue weighted by Crippen LogP contribution is 2.37. The van der Waals surface area contributed by atoms with Crippen LogP contribution in [0, 0.1) is 6.92 Å². The zero-order chi connectivity index (χ0) is 16.6. The first-order chi connectivity index (χ1) is 11.0. The minimum absolute atomic E-state index is 0.00552. The van der Waals surface area contributed by atoms with Gasteiger partial charge in [0.2, 0.25) is 0 Å². The molecule has 23 heavy (non-hydrogen) atoms. The van der Waals surface area contributed by atoms with Crippen molar-refractivity contribution in [2.24, 2.45) is 0 Å². The second-order valence-electron chi connectivity index (χ2n) is 5.99. The van der Waals surface area contributed by atoms with Crippen molar-refractivity contribution in [2.75, 3.05) is 32.1 Å². The van der Waals surface area contributed by atoms with Gasteiger partial charge in [-0.2, -0.15) is 0 Å². The summed E-state index contributed by atoms with van der Waals surface area (Å²) in [7, 11) is 4.01. The summed E-state index contributed by atoms with van der Waals surface area (Å²) in [5.74, 6) is 0.762. The van der Waals surface area contributed by atoms with E-state index in [9.17, 15) is 4.79 Å². The summed E-state index contributed by atoms with van der Waals surface area (Å²) in [6, 6.07) is 5.94. The SMILES string of the molecule is Cc1nc(-c2ccc3c(c2)N(CCN(C)C)C(=O)C(C)O3)cs1. The van der Waals surface area contributed by atoms with Crippen LogP contribution in [0.25, 0.3) is 11.3 Å². The first-order valence-electron chi connectivity index (χ1n) is 7.65. The first-order valence-corrected chi connectivity index (χ1v) is 8.53. The lowest BCUT2D eigenvalue weighted by Gasteiger charge is -2.34. The standard InChI is InChI=1S/C17H21N3O2S/c1-11-17(21)20(8-7-19(3)4)15-9-13(5-6-16(15)22-11)14-10-23-12(2)18-14/h5-6,9-11H,7-8H2,1-4H3. The second kappa shape index (κ2) is 6.29. The number of anilines is 1. The monoisotopic (exact) mass is 331 g/mol. The lowest BCUT2D eigenvalue weighted by atomic mass is 10.1. The van der Waals surface area contributed by atoms with Gasteiger partial charge in [0.15, 0.2) is 6.10 Å². The van der Waals surface area contributed by atoms with Crippen LogP contribution in [0.15, 0.2) is 23.6 Å². The molecule has 0 fully saturated rings. The van der Waals surface area contributed by atoms with Gasteiger partial charge < -0.3 is 14.5 Å². The summed E-state index contributed by atoms with van der Waals surface area (Å²) >= 11 is 1.62. The van der Waals surface area contributed by atoms with Gasteiger partial charge in [-0.25, -0.2) is 4.98 Å². The molecule has 2 heterocycles. The molecule has 1 unspecified atom stereocenters. The lowest BCUT2D eigenvalue weighted by Crippen LogP contribution is -2.46. The van der Waals surface area contributed by atoms with E-state index in [1.165, 1.54) is 0 Å². The van der Waals surface area contributed by atoms with Crippen molar-refractivity contribution in [3.8, 4) is 17.0 Å². The predicted molar refractivity (Wildman–Crippen MR) is 93.3 cm³/mol. The molecule has 5 nitrogen and oxygen atoms in total. The quantitative estimate of drug-likeness (QED) is 0.864. The van der Waals surface area contributed by atoms with E-state index in [0.717, 1.165) is 34.2 Å². The van der Waals surface area contributed by atoms with Gasteiger partial charge in [0, 0.05) is 24.0 Å². The molecule has 1 aromatic carbocycles. The molecular formula is C17H21N3O2S. The van der Waals surface area contributed by atoms with E-state index in [1.54, 1.807) is 18.3 Å². The van der Waals surface area contributed by atoms with Crippen LogP contribution in [-0.2, 0) is 4.79 Å². The maximum atomic E-state index is 12.5. The van der Waals surface area contributed by atoms with E-state index in [4.69, 9.17) is 4.74 Å². The number of benzene rings is 1. The van der Waals surface area contributed by atoms with Crippen molar-refractivity contribution >= 4 is 22.9 Å². The molecule has 1 aromatic heterocycles. The Balaban J connectivity index is 1.98. The van der Waals surface area contributed by atoms with Gasteiger partial charge in [0.25, 0.3) is 5.91 Å². The third-order valence-electron chi connectivity index (χ3n) is 3.85. The number of hydrogen-bond donors (Lipinski definition) is 0. The zero-order valence-corrected chi connectivity index (χ0v) is 14.7. The lowest BCUT2D eigenvalue weighted by molar-refractivity contribution is -0.125. The summed E-state index contributed by atoms with van der Waals surface area (Å²) in [4.78, 5) is 20.9. The van der Waals surface area contributed by atoms with Crippen molar-refractivity contribution < 1.29 is 9.53 Å². The van der Waals surface area contributed by atoms with Gasteiger partial charge in [0.05, 0.1) is 16.4 Å². The van der Waals surface area contributed by atoms with Gasteiger partial charge >= 0.3 is 0 Å². The average molecular weight is 331 g/mol. The topological polar surface area (TPSA) is 45.7 Å². The fourth-order valence-electron chi connectivity index (χ4n) is 2.59. The normalized spacial score (nSPS) is 17.3. The molecule has 1 aliphatic heterocycles. The number of aromatic nitrogens is 1. The Morgan fingerprint density at radius 2 is 2.17 bits per heavy atom. The Morgan fingerprint density at radius 3 is 2.83 bits per heavy atom. The number of rotatable bonds is 4. The summed E-state index contributed by atoms with van der Waals surface area (Å²) in [6.07, 6.45) is -0.447. The molecule has 1 atom stereocenters. The molecule has 2 aromatic rings. The Morgan fingerprint density at radius 1 is 1.39 bits per heavy atom. The van der Waals surface area contributed by atoms with Crippen molar-refractivity contribution in [2.45, 2.75) is 20.0 Å². The van der Waals surface area contributed by atoms with Gasteiger partial charge in [-0.05, 0) is 46.1 Å². The molecule has 0 bridgehead atoms. The number of nitrogens with zero attached hydrogens (tertiary/aromatic N) is 3. The maximum absolute atomic E-state index is 12.5. The number of carbonyl (C=O) groups is 1. The fraction of sp³-hybridized carbons (Fsp3) is 0.412. The molecule has 1 amide bonds. The minimum atomic E-state index is -0.447. The smallest absolute Gasteiger partial charge is 0.267 e. The molecule has 122 valence electrons. The Hall–Kier alpha value is -1.92. The van der Waals surface area contributed by atoms with Gasteiger partial charge in [0.1, 0.15) is 5.75 Å². The molecule has 0 N–H and O–H groups in total. The summed E-state index contributed by atoms with van der Waals surface area (Å²) in [6.45, 7) is 5.24. The van der Waals surface area contributed by atoms with E-state index in [0.29, 0.717) is 6.54 Å². The van der Waals surface area contributed by atoms with Crippen LogP contribution < -0.4 is 9.64 Å². The first kappa shape index (κ1) is 16.0. The van der Waals surface area contributed by atoms with Crippen LogP contribution in [0.3, 0.4) is 0 Å². The van der Waals surface area contributed by atoms with Crippen LogP contribution in [0.5, 0.6) is 5.75 Å². The van der Waals surface area contributed by atoms with Crippen molar-refractivity contribution in [3.05, 3.63) is 28.6 Å². The number of likely N-dealkylation sites (N-methyl/N-ethyl adjacent to an activating group) is 1. The number of amides is 1. The van der Waals surface area contributed by atoms with Crippen molar-refractivity contribution in [1.82, 2.24) is 9.88 Å². The second-order valence-corrected chi connectivity index (χ2v) is 7.05. The van der Waals surface area contributed by atoms with E-state index >= 15 is 0 Å². The van der Waals surface area contributed by atoms with Gasteiger partial charge in [-0.15, -0.1) is 11.3 Å². The summed E-state index contributed by atoms with van der Waals surface area (Å²) < 4.78 is 5.75. The number of carbonyl (C=O) groups excluding carboxylic acids is 1. The molecule has 3 rings (SSSR count). The predicted octanol–water partition coefficient (Wildman–Crippen LogP) is 2.79. The average Bonchev–Trinajstić information content (AvgIpc) is 2.94. The number of hydrogen-bond acceptors (Lipinski definition) is 5. The van der Waals surface area contributed by atoms with E-state index < -0.39 is 6.10 Å². The van der Waals surface area contributed by atoms with E-state index in [2.05, 4.69) is 9.88 Å². The summed E-state index contributed by atoms with van der Waals surface area (Å²) in [5.41, 5.74) is 2.78. The Labute approximate surface area is 140 Å². The Bertz CT molecular complexity index is 726. The van der Waals surface area contributed by atoms with Crippen LogP contribution in [0.1, 0.15) is 11.9 Å². The molecule has 0 radical (unpaired) electrons. The highest BCUT2D eigenvalue weighted by molar-refractivity contribution is 7.09. The van der Waals surface area contributed by atoms with Crippen LogP contribution in [0.4, 0.5) is 5.69 Å².